The highest BCUT2D eigenvalue weighted by Gasteiger charge is 2.36. The van der Waals surface area contributed by atoms with Gasteiger partial charge >= 0.3 is 0 Å². The summed E-state index contributed by atoms with van der Waals surface area (Å²) in [6.07, 6.45) is 1.95. The number of nitrogens with two attached hydrogens (primary N) is 1. The number of hydrogen-bond donors (Lipinski definition) is 2. The van der Waals surface area contributed by atoms with Crippen LogP contribution in [0, 0.1) is 17.8 Å². The number of rotatable bonds is 4. The van der Waals surface area contributed by atoms with Gasteiger partial charge in [-0.2, -0.15) is 18.4 Å². The maximum Gasteiger partial charge on any atom is 0.251 e. The lowest BCUT2D eigenvalue weighted by Gasteiger charge is -2.18. The molecule has 0 bridgehead atoms. The maximum absolute atomic E-state index is 15.1. The van der Waals surface area contributed by atoms with E-state index in [1.54, 1.807) is 18.2 Å². The first-order valence-corrected chi connectivity index (χ1v) is 11.6. The van der Waals surface area contributed by atoms with Crippen molar-refractivity contribution in [3.05, 3.63) is 87.5 Å². The Labute approximate surface area is 212 Å². The van der Waals surface area contributed by atoms with Crippen LogP contribution in [0.5, 0.6) is 0 Å². The topological polar surface area (TPSA) is 133 Å². The Kier molecular flexibility index (Phi) is 5.33. The molecule has 37 heavy (non-hydrogen) atoms. The first-order valence-electron chi connectivity index (χ1n) is 11.3. The van der Waals surface area contributed by atoms with E-state index in [1.165, 1.54) is 33.8 Å². The van der Waals surface area contributed by atoms with E-state index in [4.69, 9.17) is 17.3 Å². The van der Waals surface area contributed by atoms with Crippen molar-refractivity contribution in [3.63, 3.8) is 0 Å². The second kappa shape index (κ2) is 8.59. The molecule has 0 saturated heterocycles. The second-order valence-corrected chi connectivity index (χ2v) is 9.29. The number of aromatic amines is 1. The molecule has 0 spiro atoms. The van der Waals surface area contributed by atoms with Crippen LogP contribution in [0.4, 0.5) is 14.6 Å². The number of nitrogen functional groups attached to an aromatic ring is 1. The van der Waals surface area contributed by atoms with Gasteiger partial charge in [0.25, 0.3) is 5.56 Å². The van der Waals surface area contributed by atoms with Crippen LogP contribution in [0.1, 0.15) is 24.4 Å². The van der Waals surface area contributed by atoms with Crippen molar-refractivity contribution in [2.75, 3.05) is 5.73 Å². The zero-order valence-electron chi connectivity index (χ0n) is 19.2. The van der Waals surface area contributed by atoms with Gasteiger partial charge in [0.15, 0.2) is 0 Å². The quantitative estimate of drug-likeness (QED) is 0.345. The summed E-state index contributed by atoms with van der Waals surface area (Å²) < 4.78 is 32.5. The molecule has 1 aromatic carbocycles. The van der Waals surface area contributed by atoms with Gasteiger partial charge in [0.1, 0.15) is 18.0 Å². The van der Waals surface area contributed by atoms with Gasteiger partial charge in [0.2, 0.25) is 11.9 Å². The highest BCUT2D eigenvalue weighted by atomic mass is 35.5. The number of H-pyrrole nitrogens is 1. The van der Waals surface area contributed by atoms with Gasteiger partial charge in [-0.15, -0.1) is 5.10 Å². The number of nitrogens with zero attached hydrogens (tertiary/aromatic N) is 7. The van der Waals surface area contributed by atoms with Crippen LogP contribution in [-0.2, 0) is 6.42 Å². The van der Waals surface area contributed by atoms with E-state index in [2.05, 4.69) is 30.5 Å². The molecule has 10 nitrogen and oxygen atoms in total. The van der Waals surface area contributed by atoms with E-state index in [1.807, 2.05) is 13.0 Å². The molecule has 0 saturated carbocycles. The number of fused-ring (bicyclic) bond motifs is 1. The van der Waals surface area contributed by atoms with Gasteiger partial charge in [-0.25, -0.2) is 4.98 Å². The van der Waals surface area contributed by atoms with E-state index in [0.29, 0.717) is 34.0 Å². The highest BCUT2D eigenvalue weighted by molar-refractivity contribution is 6.31. The van der Waals surface area contributed by atoms with Crippen LogP contribution in [0.25, 0.3) is 28.2 Å². The Hall–Kier alpha value is -4.45. The number of aromatic nitrogens is 8. The average molecular weight is 522 g/mol. The molecule has 5 aromatic rings. The number of pyridine rings is 2. The Morgan fingerprint density at radius 3 is 2.68 bits per heavy atom. The molecule has 0 radical (unpaired) electrons. The van der Waals surface area contributed by atoms with Crippen LogP contribution in [0.15, 0.2) is 53.6 Å². The third kappa shape index (κ3) is 3.85. The molecule has 6 rings (SSSR count). The normalized spacial score (nSPS) is 16.8. The molecule has 0 fully saturated rings. The number of nitrogens with one attached hydrogen (secondary N) is 1. The number of halogens is 3. The van der Waals surface area contributed by atoms with E-state index < -0.39 is 17.9 Å². The number of tetrazole rings is 1. The summed E-state index contributed by atoms with van der Waals surface area (Å²) in [5.41, 5.74) is 7.88. The van der Waals surface area contributed by atoms with Gasteiger partial charge in [0, 0.05) is 22.3 Å². The number of hydrogen-bond acceptors (Lipinski definition) is 7. The van der Waals surface area contributed by atoms with Crippen LogP contribution in [-0.4, -0.2) is 39.7 Å². The molecule has 1 aliphatic rings. The summed E-state index contributed by atoms with van der Waals surface area (Å²) in [6.45, 7) is 1.91. The fourth-order valence-electron chi connectivity index (χ4n) is 4.90. The van der Waals surface area contributed by atoms with Crippen molar-refractivity contribution in [1.29, 1.82) is 0 Å². The molecule has 0 aliphatic carbocycles. The molecule has 0 unspecified atom stereocenters. The van der Waals surface area contributed by atoms with E-state index in [9.17, 15) is 9.18 Å². The fraction of sp³-hybridized carbons (Fsp3) is 0.167. The zero-order valence-corrected chi connectivity index (χ0v) is 20.0. The standard InChI is InChI=1S/C24H18ClF2N9O/c1-11-6-14-7-12(16-9-13(25)2-4-17(16)35-10-29-33-34-35)8-19(37)36(14)21(11)20-23(27)32-24(31-20)15-3-5-18(28)30-22(15)26/h2-5,7-11,21H,6H2,1H3,(H2,28,30)(H,31,32)/t11-,21-/m0/s1. The Morgan fingerprint density at radius 2 is 1.92 bits per heavy atom. The first-order chi connectivity index (χ1) is 17.8. The Morgan fingerprint density at radius 1 is 1.08 bits per heavy atom. The van der Waals surface area contributed by atoms with Crippen LogP contribution >= 0.6 is 11.6 Å². The van der Waals surface area contributed by atoms with Gasteiger partial charge in [-0.1, -0.05) is 18.5 Å². The minimum Gasteiger partial charge on any atom is -0.384 e. The third-order valence-electron chi connectivity index (χ3n) is 6.47. The predicted octanol–water partition coefficient (Wildman–Crippen LogP) is 3.57. The minimum atomic E-state index is -0.873. The molecule has 5 heterocycles. The minimum absolute atomic E-state index is 0.00264. The van der Waals surface area contributed by atoms with Crippen molar-refractivity contribution >= 4 is 17.4 Å². The van der Waals surface area contributed by atoms with Crippen molar-refractivity contribution in [1.82, 2.24) is 39.7 Å². The van der Waals surface area contributed by atoms with E-state index in [0.717, 1.165) is 0 Å². The van der Waals surface area contributed by atoms with Gasteiger partial charge in [0.05, 0.1) is 23.0 Å². The van der Waals surface area contributed by atoms with Gasteiger partial charge < -0.3 is 15.3 Å². The second-order valence-electron chi connectivity index (χ2n) is 8.85. The lowest BCUT2D eigenvalue weighted by atomic mass is 9.99. The Balaban J connectivity index is 1.45. The maximum atomic E-state index is 15.1. The molecule has 186 valence electrons. The summed E-state index contributed by atoms with van der Waals surface area (Å²) in [5, 5.41) is 11.8. The molecule has 2 atom stereocenters. The molecule has 4 aromatic heterocycles. The molecule has 13 heteroatoms. The smallest absolute Gasteiger partial charge is 0.251 e. The number of anilines is 1. The summed E-state index contributed by atoms with van der Waals surface area (Å²) in [6, 6.07) is 10.6. The van der Waals surface area contributed by atoms with Crippen molar-refractivity contribution in [3.8, 4) is 28.2 Å². The third-order valence-corrected chi connectivity index (χ3v) is 6.70. The molecule has 0 amide bonds. The first kappa shape index (κ1) is 23.0. The molecular weight excluding hydrogens is 504 g/mol. The molecular formula is C24H18ClF2N9O. The number of benzene rings is 1. The van der Waals surface area contributed by atoms with Gasteiger partial charge in [-0.3, -0.25) is 4.79 Å². The summed E-state index contributed by atoms with van der Waals surface area (Å²) in [5.74, 6) is -1.88. The summed E-state index contributed by atoms with van der Waals surface area (Å²) in [7, 11) is 0. The van der Waals surface area contributed by atoms with E-state index >= 15 is 4.39 Å². The lowest BCUT2D eigenvalue weighted by Crippen LogP contribution is -2.26. The summed E-state index contributed by atoms with van der Waals surface area (Å²) in [4.78, 5) is 23.8. The predicted molar refractivity (Wildman–Crippen MR) is 131 cm³/mol. The zero-order chi connectivity index (χ0) is 25.8. The van der Waals surface area contributed by atoms with Crippen LogP contribution in [0.3, 0.4) is 0 Å². The van der Waals surface area contributed by atoms with Gasteiger partial charge in [-0.05, 0) is 64.7 Å². The van der Waals surface area contributed by atoms with E-state index in [-0.39, 0.29) is 34.4 Å². The number of imidazole rings is 1. The Bertz CT molecular complexity index is 1710. The molecule has 3 N–H and O–H groups in total. The van der Waals surface area contributed by atoms with Crippen molar-refractivity contribution in [2.24, 2.45) is 5.92 Å². The largest absolute Gasteiger partial charge is 0.384 e. The van der Waals surface area contributed by atoms with Crippen molar-refractivity contribution < 1.29 is 8.78 Å². The van der Waals surface area contributed by atoms with Crippen molar-refractivity contribution in [2.45, 2.75) is 19.4 Å². The lowest BCUT2D eigenvalue weighted by molar-refractivity contribution is 0.434. The van der Waals surface area contributed by atoms with Crippen LogP contribution in [0.2, 0.25) is 5.02 Å². The fourth-order valence-corrected chi connectivity index (χ4v) is 5.07. The monoisotopic (exact) mass is 521 g/mol. The summed E-state index contributed by atoms with van der Waals surface area (Å²) >= 11 is 6.27. The van der Waals surface area contributed by atoms with Crippen LogP contribution < -0.4 is 11.3 Å². The average Bonchev–Trinajstić information content (AvgIpc) is 3.58. The highest BCUT2D eigenvalue weighted by Crippen LogP contribution is 2.38. The molecule has 1 aliphatic heterocycles. The SMILES string of the molecule is C[C@H]1Cc2cc(-c3cc(Cl)ccc3-n3cnnn3)cc(=O)n2[C@@H]1c1[nH]c(-c2ccc(N)nc2F)nc1F.